The molecule has 0 atom stereocenters. The largest absolute Gasteiger partial charge is 0.507 e. The quantitative estimate of drug-likeness (QED) is 0.492. The number of phenols is 1. The number of hydrogen-bond acceptors (Lipinski definition) is 5. The molecule has 1 rings (SSSR count). The van der Waals surface area contributed by atoms with Crippen LogP contribution < -0.4 is 4.74 Å². The first-order chi connectivity index (χ1) is 7.91. The van der Waals surface area contributed by atoms with E-state index in [1.165, 1.54) is 32.0 Å². The average molecular weight is 236 g/mol. The van der Waals surface area contributed by atoms with Crippen LogP contribution in [0.3, 0.4) is 0 Å². The lowest BCUT2D eigenvalue weighted by molar-refractivity contribution is -0.134. The Morgan fingerprint density at radius 1 is 1.24 bits per heavy atom. The summed E-state index contributed by atoms with van der Waals surface area (Å²) in [5.74, 6) is -1.30. The van der Waals surface area contributed by atoms with Crippen molar-refractivity contribution in [3.63, 3.8) is 0 Å². The fourth-order valence-corrected chi connectivity index (χ4v) is 1.26. The van der Waals surface area contributed by atoms with Crippen molar-refractivity contribution in [2.75, 3.05) is 0 Å². The van der Waals surface area contributed by atoms with Crippen LogP contribution in [0.15, 0.2) is 24.8 Å². The Kier molecular flexibility index (Phi) is 3.87. The predicted octanol–water partition coefficient (Wildman–Crippen LogP) is 1.85. The van der Waals surface area contributed by atoms with Gasteiger partial charge in [-0.05, 0) is 12.1 Å². The van der Waals surface area contributed by atoms with Gasteiger partial charge in [0.1, 0.15) is 22.8 Å². The molecule has 0 bridgehead atoms. The highest BCUT2D eigenvalue weighted by molar-refractivity contribution is 5.81. The Bertz CT molecular complexity index is 476. The second-order valence-corrected chi connectivity index (χ2v) is 3.26. The monoisotopic (exact) mass is 236 g/mol. The molecule has 0 aliphatic heterocycles. The Hall–Kier alpha value is -2.30. The van der Waals surface area contributed by atoms with Crippen molar-refractivity contribution in [1.29, 1.82) is 0 Å². The molecule has 0 unspecified atom stereocenters. The van der Waals surface area contributed by atoms with Gasteiger partial charge in [0, 0.05) is 13.8 Å². The molecule has 0 fully saturated rings. The number of benzene rings is 1. The molecule has 1 N–H and O–H groups in total. The number of carbonyl (C=O) groups is 2. The zero-order valence-electron chi connectivity index (χ0n) is 9.52. The fourth-order valence-electron chi connectivity index (χ4n) is 1.26. The fraction of sp³-hybridized carbons (Fsp3) is 0.167. The normalized spacial score (nSPS) is 9.53. The van der Waals surface area contributed by atoms with E-state index < -0.39 is 11.9 Å². The molecule has 0 saturated heterocycles. The number of aromatic hydroxyl groups is 1. The highest BCUT2D eigenvalue weighted by atomic mass is 16.5. The number of phenolic OH excluding ortho intramolecular Hbond substituents is 1. The van der Waals surface area contributed by atoms with Crippen LogP contribution in [0.1, 0.15) is 19.4 Å². The van der Waals surface area contributed by atoms with Crippen LogP contribution >= 0.6 is 0 Å². The first kappa shape index (κ1) is 12.8. The Morgan fingerprint density at radius 3 is 2.41 bits per heavy atom. The van der Waals surface area contributed by atoms with E-state index in [9.17, 15) is 14.7 Å². The molecular formula is C12H12O5. The Morgan fingerprint density at radius 2 is 1.88 bits per heavy atom. The van der Waals surface area contributed by atoms with E-state index >= 15 is 0 Å². The number of ether oxygens (including phenoxy) is 2. The zero-order valence-corrected chi connectivity index (χ0v) is 9.52. The van der Waals surface area contributed by atoms with Crippen LogP contribution in [-0.2, 0) is 14.3 Å². The van der Waals surface area contributed by atoms with E-state index in [1.807, 2.05) is 0 Å². The maximum Gasteiger partial charge on any atom is 0.308 e. The van der Waals surface area contributed by atoms with Crippen LogP contribution in [-0.4, -0.2) is 17.0 Å². The van der Waals surface area contributed by atoms with Gasteiger partial charge >= 0.3 is 11.9 Å². The van der Waals surface area contributed by atoms with Crippen molar-refractivity contribution in [2.24, 2.45) is 0 Å². The average Bonchev–Trinajstić information content (AvgIpc) is 2.14. The van der Waals surface area contributed by atoms with Gasteiger partial charge in [0.05, 0.1) is 0 Å². The van der Waals surface area contributed by atoms with Gasteiger partial charge in [0.25, 0.3) is 0 Å². The SMILES string of the molecule is C=C(OC(C)=O)c1c(O)cccc1OC(C)=O. The summed E-state index contributed by atoms with van der Waals surface area (Å²) in [6.07, 6.45) is 0. The summed E-state index contributed by atoms with van der Waals surface area (Å²) in [5, 5.41) is 9.64. The molecule has 5 nitrogen and oxygen atoms in total. The minimum atomic E-state index is -0.577. The van der Waals surface area contributed by atoms with Gasteiger partial charge < -0.3 is 14.6 Å². The maximum absolute atomic E-state index is 10.9. The molecule has 90 valence electrons. The second-order valence-electron chi connectivity index (χ2n) is 3.26. The van der Waals surface area contributed by atoms with Crippen LogP contribution in [0.4, 0.5) is 0 Å². The number of carbonyl (C=O) groups excluding carboxylic acids is 2. The molecule has 17 heavy (non-hydrogen) atoms. The minimum absolute atomic E-state index is 0.0770. The summed E-state index contributed by atoms with van der Waals surface area (Å²) in [6.45, 7) is 5.93. The molecule has 0 aliphatic carbocycles. The minimum Gasteiger partial charge on any atom is -0.507 e. The van der Waals surface area contributed by atoms with Gasteiger partial charge in [0.15, 0.2) is 0 Å². The second kappa shape index (κ2) is 5.16. The summed E-state index contributed by atoms with van der Waals surface area (Å²) in [5.41, 5.74) is 0.0814. The van der Waals surface area contributed by atoms with E-state index in [4.69, 9.17) is 9.47 Å². The van der Waals surface area contributed by atoms with Crippen LogP contribution in [0, 0.1) is 0 Å². The van der Waals surface area contributed by atoms with Crippen molar-refractivity contribution in [1.82, 2.24) is 0 Å². The van der Waals surface area contributed by atoms with Gasteiger partial charge in [0.2, 0.25) is 0 Å². The highest BCUT2D eigenvalue weighted by Gasteiger charge is 2.16. The summed E-state index contributed by atoms with van der Waals surface area (Å²) in [6, 6.07) is 4.33. The van der Waals surface area contributed by atoms with E-state index in [0.717, 1.165) is 0 Å². The van der Waals surface area contributed by atoms with Gasteiger partial charge in [-0.15, -0.1) is 0 Å². The number of rotatable bonds is 3. The van der Waals surface area contributed by atoms with Crippen molar-refractivity contribution < 1.29 is 24.2 Å². The van der Waals surface area contributed by atoms with Gasteiger partial charge in [-0.1, -0.05) is 12.6 Å². The molecule has 0 heterocycles. The van der Waals surface area contributed by atoms with Crippen LogP contribution in [0.2, 0.25) is 0 Å². The Balaban J connectivity index is 3.15. The summed E-state index contributed by atoms with van der Waals surface area (Å²) in [7, 11) is 0. The maximum atomic E-state index is 10.9. The van der Waals surface area contributed by atoms with E-state index in [2.05, 4.69) is 6.58 Å². The van der Waals surface area contributed by atoms with E-state index in [0.29, 0.717) is 0 Å². The standard InChI is InChI=1S/C12H12O5/c1-7(16-8(2)13)12-10(15)5-4-6-11(12)17-9(3)14/h4-6,15H,1H2,2-3H3. The zero-order chi connectivity index (χ0) is 13.0. The van der Waals surface area contributed by atoms with Crippen LogP contribution in [0.25, 0.3) is 5.76 Å². The molecule has 5 heteroatoms. The first-order valence-electron chi connectivity index (χ1n) is 4.80. The third-order valence-corrected chi connectivity index (χ3v) is 1.80. The molecule has 0 saturated carbocycles. The van der Waals surface area contributed by atoms with E-state index in [-0.39, 0.29) is 22.8 Å². The third kappa shape index (κ3) is 3.34. The van der Waals surface area contributed by atoms with Crippen molar-refractivity contribution in [2.45, 2.75) is 13.8 Å². The molecule has 1 aromatic carbocycles. The van der Waals surface area contributed by atoms with Gasteiger partial charge in [-0.3, -0.25) is 9.59 Å². The lowest BCUT2D eigenvalue weighted by Gasteiger charge is -2.12. The van der Waals surface area contributed by atoms with E-state index in [1.54, 1.807) is 0 Å². The molecule has 0 aliphatic rings. The summed E-state index contributed by atoms with van der Waals surface area (Å²) in [4.78, 5) is 21.7. The topological polar surface area (TPSA) is 72.8 Å². The summed E-state index contributed by atoms with van der Waals surface area (Å²) < 4.78 is 9.63. The molecule has 1 aromatic rings. The molecule has 0 amide bonds. The van der Waals surface area contributed by atoms with Gasteiger partial charge in [-0.25, -0.2) is 0 Å². The number of esters is 2. The van der Waals surface area contributed by atoms with Crippen molar-refractivity contribution >= 4 is 17.7 Å². The van der Waals surface area contributed by atoms with Crippen molar-refractivity contribution in [3.05, 3.63) is 30.3 Å². The Labute approximate surface area is 98.3 Å². The van der Waals surface area contributed by atoms with Crippen LogP contribution in [0.5, 0.6) is 11.5 Å². The smallest absolute Gasteiger partial charge is 0.308 e. The third-order valence-electron chi connectivity index (χ3n) is 1.80. The molecule has 0 radical (unpaired) electrons. The van der Waals surface area contributed by atoms with Gasteiger partial charge in [-0.2, -0.15) is 0 Å². The highest BCUT2D eigenvalue weighted by Crippen LogP contribution is 2.33. The molecule has 0 aromatic heterocycles. The lowest BCUT2D eigenvalue weighted by Crippen LogP contribution is -2.05. The number of hydrogen-bond donors (Lipinski definition) is 1. The van der Waals surface area contributed by atoms with Crippen molar-refractivity contribution in [3.8, 4) is 11.5 Å². The molecular weight excluding hydrogens is 224 g/mol. The first-order valence-corrected chi connectivity index (χ1v) is 4.80. The summed E-state index contributed by atoms with van der Waals surface area (Å²) >= 11 is 0. The lowest BCUT2D eigenvalue weighted by atomic mass is 10.1. The predicted molar refractivity (Wildman–Crippen MR) is 60.2 cm³/mol. The molecule has 0 spiro atoms.